The van der Waals surface area contributed by atoms with Gasteiger partial charge in [0.25, 0.3) is 0 Å². The van der Waals surface area contributed by atoms with Crippen molar-refractivity contribution in [3.05, 3.63) is 82.6 Å². The first-order valence-electron chi connectivity index (χ1n) is 8.27. The molecule has 1 atom stereocenters. The number of benzene rings is 2. The third-order valence-electron chi connectivity index (χ3n) is 3.82. The predicted molar refractivity (Wildman–Crippen MR) is 102 cm³/mol. The standard InChI is InChI=1S/C19H16FN3O5S/c1-22-17(21-18(24)28-14-6-4-3-5-7-14)16(20)12-23(19(22)25)29(26)15-10-8-13(27-2)9-11-15/h3-12H,1-2H3. The molecule has 3 rings (SSSR count). The van der Waals surface area contributed by atoms with Gasteiger partial charge in [-0.2, -0.15) is 4.99 Å². The Balaban J connectivity index is 1.95. The molecule has 0 aliphatic carbocycles. The van der Waals surface area contributed by atoms with Crippen LogP contribution in [0.5, 0.6) is 11.5 Å². The van der Waals surface area contributed by atoms with Crippen LogP contribution in [0, 0.1) is 5.82 Å². The predicted octanol–water partition coefficient (Wildman–Crippen LogP) is 2.01. The lowest BCUT2D eigenvalue weighted by molar-refractivity contribution is 0.209. The van der Waals surface area contributed by atoms with E-state index < -0.39 is 34.4 Å². The highest BCUT2D eigenvalue weighted by Crippen LogP contribution is 2.17. The number of ether oxygens (including phenoxy) is 2. The molecule has 8 nitrogen and oxygen atoms in total. The van der Waals surface area contributed by atoms with Crippen molar-refractivity contribution in [2.24, 2.45) is 12.0 Å². The minimum Gasteiger partial charge on any atom is -0.587 e. The summed E-state index contributed by atoms with van der Waals surface area (Å²) in [6.07, 6.45) is -0.365. The van der Waals surface area contributed by atoms with E-state index in [0.717, 1.165) is 10.8 Å². The first-order chi connectivity index (χ1) is 13.9. The summed E-state index contributed by atoms with van der Waals surface area (Å²) in [6.45, 7) is 0. The first kappa shape index (κ1) is 20.4. The molecule has 0 saturated carbocycles. The van der Waals surface area contributed by atoms with Gasteiger partial charge in [0.1, 0.15) is 29.1 Å². The number of carbonyl (C=O) groups is 1. The fourth-order valence-corrected chi connectivity index (χ4v) is 3.41. The first-order valence-corrected chi connectivity index (χ1v) is 9.37. The monoisotopic (exact) mass is 417 g/mol. The van der Waals surface area contributed by atoms with Crippen LogP contribution in [0.2, 0.25) is 0 Å². The van der Waals surface area contributed by atoms with Crippen molar-refractivity contribution in [1.29, 1.82) is 0 Å². The molecule has 0 aliphatic heterocycles. The summed E-state index contributed by atoms with van der Waals surface area (Å²) >= 11 is -2.01. The number of amides is 1. The van der Waals surface area contributed by atoms with E-state index >= 15 is 0 Å². The number of hydrogen-bond acceptors (Lipinski definition) is 5. The van der Waals surface area contributed by atoms with E-state index in [0.29, 0.717) is 9.72 Å². The summed E-state index contributed by atoms with van der Waals surface area (Å²) in [5.41, 5.74) is -1.37. The van der Waals surface area contributed by atoms with Gasteiger partial charge >= 0.3 is 11.8 Å². The summed E-state index contributed by atoms with van der Waals surface area (Å²) in [4.78, 5) is 28.3. The molecule has 0 fully saturated rings. The van der Waals surface area contributed by atoms with Gasteiger partial charge in [-0.3, -0.25) is 4.57 Å². The minimum atomic E-state index is -2.01. The zero-order chi connectivity index (χ0) is 21.0. The Labute approximate surface area is 167 Å². The van der Waals surface area contributed by atoms with Gasteiger partial charge < -0.3 is 14.0 Å². The van der Waals surface area contributed by atoms with Gasteiger partial charge in [-0.15, -0.1) is 3.97 Å². The number of para-hydroxylation sites is 1. The van der Waals surface area contributed by atoms with Gasteiger partial charge in [-0.25, -0.2) is 14.0 Å². The van der Waals surface area contributed by atoms with Crippen molar-refractivity contribution in [1.82, 2.24) is 8.54 Å². The molecule has 29 heavy (non-hydrogen) atoms. The van der Waals surface area contributed by atoms with E-state index in [1.807, 2.05) is 0 Å². The van der Waals surface area contributed by atoms with E-state index in [2.05, 4.69) is 4.99 Å². The Kier molecular flexibility index (Phi) is 6.15. The van der Waals surface area contributed by atoms with E-state index in [-0.39, 0.29) is 10.6 Å². The van der Waals surface area contributed by atoms with Gasteiger partial charge in [0.15, 0.2) is 16.2 Å². The maximum absolute atomic E-state index is 14.5. The third-order valence-corrected chi connectivity index (χ3v) is 5.12. The van der Waals surface area contributed by atoms with Crippen molar-refractivity contribution in [3.63, 3.8) is 0 Å². The van der Waals surface area contributed by atoms with Gasteiger partial charge in [0.05, 0.1) is 7.11 Å². The van der Waals surface area contributed by atoms with Crippen LogP contribution >= 0.6 is 0 Å². The van der Waals surface area contributed by atoms with Crippen molar-refractivity contribution < 1.29 is 23.2 Å². The maximum atomic E-state index is 14.5. The Morgan fingerprint density at radius 3 is 2.38 bits per heavy atom. The highest BCUT2D eigenvalue weighted by molar-refractivity contribution is 7.89. The molecule has 0 bridgehead atoms. The van der Waals surface area contributed by atoms with Crippen LogP contribution in [0.15, 0.2) is 75.5 Å². The molecule has 1 aromatic heterocycles. The third kappa shape index (κ3) is 4.55. The molecule has 150 valence electrons. The molecule has 0 N–H and O–H groups in total. The van der Waals surface area contributed by atoms with Crippen LogP contribution in [0.1, 0.15) is 0 Å². The fraction of sp³-hybridized carbons (Fsp3) is 0.105. The van der Waals surface area contributed by atoms with E-state index in [1.54, 1.807) is 30.3 Å². The molecule has 1 amide bonds. The Morgan fingerprint density at radius 1 is 1.10 bits per heavy atom. The van der Waals surface area contributed by atoms with E-state index in [9.17, 15) is 18.5 Å². The van der Waals surface area contributed by atoms with Gasteiger partial charge in [0.2, 0.25) is 0 Å². The van der Waals surface area contributed by atoms with E-state index in [4.69, 9.17) is 9.47 Å². The van der Waals surface area contributed by atoms with Crippen LogP contribution in [-0.2, 0) is 18.4 Å². The minimum absolute atomic E-state index is 0.221. The molecule has 10 heteroatoms. The highest BCUT2D eigenvalue weighted by Gasteiger charge is 2.20. The average Bonchev–Trinajstić information content (AvgIpc) is 2.74. The Hall–Kier alpha value is -3.37. The SMILES string of the molecule is COc1ccc([S+]([O-])n2cc(F)c(=NC(=O)Oc3ccccc3)n(C)c2=O)cc1. The van der Waals surface area contributed by atoms with Gasteiger partial charge in [-0.1, -0.05) is 18.2 Å². The number of hydrogen-bond donors (Lipinski definition) is 0. The quantitative estimate of drug-likeness (QED) is 0.605. The number of aromatic nitrogens is 2. The molecular weight excluding hydrogens is 401 g/mol. The Bertz CT molecular complexity index is 1140. The van der Waals surface area contributed by atoms with Crippen LogP contribution in [-0.4, -0.2) is 26.3 Å². The lowest BCUT2D eigenvalue weighted by Crippen LogP contribution is -2.43. The van der Waals surface area contributed by atoms with Crippen molar-refractivity contribution >= 4 is 17.5 Å². The number of rotatable bonds is 4. The lowest BCUT2D eigenvalue weighted by atomic mass is 10.3. The lowest BCUT2D eigenvalue weighted by Gasteiger charge is -2.13. The Morgan fingerprint density at radius 2 is 1.76 bits per heavy atom. The molecular formula is C19H16FN3O5S. The molecule has 3 aromatic rings. The number of nitrogens with zero attached hydrogens (tertiary/aromatic N) is 3. The second kappa shape index (κ2) is 8.76. The molecule has 0 saturated heterocycles. The number of methoxy groups -OCH3 is 1. The van der Waals surface area contributed by atoms with Crippen LogP contribution in [0.4, 0.5) is 9.18 Å². The van der Waals surface area contributed by atoms with Crippen molar-refractivity contribution in [2.45, 2.75) is 4.90 Å². The molecule has 0 spiro atoms. The molecule has 1 unspecified atom stereocenters. The van der Waals surface area contributed by atoms with Crippen LogP contribution < -0.4 is 20.7 Å². The van der Waals surface area contributed by atoms with Gasteiger partial charge in [0, 0.05) is 7.05 Å². The maximum Gasteiger partial charge on any atom is 0.441 e. The molecule has 2 aromatic carbocycles. The highest BCUT2D eigenvalue weighted by atomic mass is 32.2. The second-order valence-electron chi connectivity index (χ2n) is 5.69. The normalized spacial score (nSPS) is 12.5. The number of halogens is 1. The average molecular weight is 417 g/mol. The summed E-state index contributed by atoms with van der Waals surface area (Å²) < 4.78 is 38.7. The zero-order valence-electron chi connectivity index (χ0n) is 15.4. The summed E-state index contributed by atoms with van der Waals surface area (Å²) in [5.74, 6) is -0.252. The smallest absolute Gasteiger partial charge is 0.441 e. The summed E-state index contributed by atoms with van der Waals surface area (Å²) in [5, 5.41) is 0. The fourth-order valence-electron chi connectivity index (χ4n) is 2.37. The van der Waals surface area contributed by atoms with Gasteiger partial charge in [-0.05, 0) is 36.4 Å². The molecule has 0 radical (unpaired) electrons. The van der Waals surface area contributed by atoms with Crippen molar-refractivity contribution in [3.8, 4) is 11.5 Å². The topological polar surface area (TPSA) is 97.9 Å². The summed E-state index contributed by atoms with van der Waals surface area (Å²) in [6, 6.07) is 14.2. The van der Waals surface area contributed by atoms with Crippen LogP contribution in [0.25, 0.3) is 0 Å². The van der Waals surface area contributed by atoms with E-state index in [1.165, 1.54) is 38.4 Å². The largest absolute Gasteiger partial charge is 0.587 e. The molecule has 0 aliphatic rings. The molecule has 1 heterocycles. The zero-order valence-corrected chi connectivity index (χ0v) is 16.3. The second-order valence-corrected chi connectivity index (χ2v) is 7.05. The van der Waals surface area contributed by atoms with Crippen molar-refractivity contribution in [2.75, 3.05) is 7.11 Å². The summed E-state index contributed by atoms with van der Waals surface area (Å²) in [7, 11) is 2.69. The van der Waals surface area contributed by atoms with Crippen LogP contribution in [0.3, 0.4) is 0 Å². The number of carbonyl (C=O) groups excluding carboxylic acids is 1.